The van der Waals surface area contributed by atoms with Crippen LogP contribution in [0.25, 0.3) is 0 Å². The van der Waals surface area contributed by atoms with E-state index in [1.54, 1.807) is 11.9 Å². The molecule has 0 aliphatic carbocycles. The zero-order chi connectivity index (χ0) is 13.1. The van der Waals surface area contributed by atoms with E-state index in [-0.39, 0.29) is 19.0 Å². The van der Waals surface area contributed by atoms with Crippen LogP contribution in [0.3, 0.4) is 0 Å². The summed E-state index contributed by atoms with van der Waals surface area (Å²) in [5.41, 5.74) is 0. The smallest absolute Gasteiger partial charge is 0.262 e. The van der Waals surface area contributed by atoms with Crippen molar-refractivity contribution in [1.29, 1.82) is 0 Å². The topological polar surface area (TPSA) is 3.24 Å². The van der Waals surface area contributed by atoms with Crippen molar-refractivity contribution in [1.82, 2.24) is 4.90 Å². The largest absolute Gasteiger partial charge is 0.298 e. The first-order valence-electron chi connectivity index (χ1n) is 6.09. The Morgan fingerprint density at radius 2 is 1.33 bits per heavy atom. The molecule has 15 heavy (non-hydrogen) atoms. The van der Waals surface area contributed by atoms with Crippen molar-refractivity contribution in [3.8, 4) is 0 Å². The van der Waals surface area contributed by atoms with Crippen LogP contribution in [0.5, 0.6) is 0 Å². The average molecular weight is 225 g/mol. The number of nitrogens with zero attached hydrogens (tertiary/aromatic N) is 1. The maximum absolute atomic E-state index is 12.4. The first-order chi connectivity index (χ1) is 7.01. The van der Waals surface area contributed by atoms with Crippen LogP contribution in [0.2, 0.25) is 0 Å². The quantitative estimate of drug-likeness (QED) is 0.589. The Kier molecular flexibility index (Phi) is 16.1. The van der Waals surface area contributed by atoms with E-state index in [1.807, 2.05) is 48.5 Å². The molecule has 0 amide bonds. The zero-order valence-electron chi connectivity index (χ0n) is 11.7. The molecule has 1 fully saturated rings. The molecule has 0 radical (unpaired) electrons. The molecule has 0 aromatic carbocycles. The highest BCUT2D eigenvalue weighted by atomic mass is 19.3. The molecule has 0 bridgehead atoms. The lowest BCUT2D eigenvalue weighted by atomic mass is 10.2. The van der Waals surface area contributed by atoms with Gasteiger partial charge < -0.3 is 0 Å². The van der Waals surface area contributed by atoms with Crippen molar-refractivity contribution in [2.24, 2.45) is 0 Å². The van der Waals surface area contributed by atoms with E-state index >= 15 is 0 Å². The fraction of sp³-hybridized carbons (Fsp3) is 1.00. The molecule has 1 heterocycles. The normalized spacial score (nSPS) is 22.4. The van der Waals surface area contributed by atoms with Crippen LogP contribution < -0.4 is 0 Å². The van der Waals surface area contributed by atoms with Gasteiger partial charge in [0.05, 0.1) is 6.54 Å². The van der Waals surface area contributed by atoms with E-state index in [2.05, 4.69) is 0 Å². The second kappa shape index (κ2) is 11.9. The van der Waals surface area contributed by atoms with E-state index in [9.17, 15) is 8.78 Å². The Bertz CT molecular complexity index is 104. The molecule has 1 aliphatic rings. The molecule has 0 aromatic heterocycles. The molecule has 1 nitrogen and oxygen atoms in total. The van der Waals surface area contributed by atoms with Crippen LogP contribution in [-0.2, 0) is 0 Å². The van der Waals surface area contributed by atoms with Gasteiger partial charge in [0, 0.05) is 12.5 Å². The molecule has 1 atom stereocenters. The van der Waals surface area contributed by atoms with Gasteiger partial charge in [-0.2, -0.15) is 0 Å². The number of halogens is 2. The predicted octanol–water partition coefficient (Wildman–Crippen LogP) is 4.42. The van der Waals surface area contributed by atoms with Gasteiger partial charge in [0.2, 0.25) is 0 Å². The number of hydrogen-bond donors (Lipinski definition) is 0. The maximum Gasteiger partial charge on any atom is 0.262 e. The summed E-state index contributed by atoms with van der Waals surface area (Å²) in [6.45, 7) is 13.7. The van der Waals surface area contributed by atoms with Crippen molar-refractivity contribution in [3.63, 3.8) is 0 Å². The Hall–Kier alpha value is -0.180. The van der Waals surface area contributed by atoms with E-state index < -0.39 is 5.92 Å². The summed E-state index contributed by atoms with van der Waals surface area (Å²) in [5.74, 6) is -2.44. The predicted molar refractivity (Wildman–Crippen MR) is 65.7 cm³/mol. The molecule has 96 valence electrons. The minimum absolute atomic E-state index is 0.0174. The Labute approximate surface area is 94.9 Å². The Balaban J connectivity index is -0.000000208. The van der Waals surface area contributed by atoms with Crippen LogP contribution in [0.15, 0.2) is 0 Å². The summed E-state index contributed by atoms with van der Waals surface area (Å²) >= 11 is 0. The van der Waals surface area contributed by atoms with Crippen molar-refractivity contribution >= 4 is 0 Å². The lowest BCUT2D eigenvalue weighted by molar-refractivity contribution is 0.0141. The maximum atomic E-state index is 12.4. The SMILES string of the molecule is CC.CC.CC.CC1CC(F)(F)CN1C. The van der Waals surface area contributed by atoms with Gasteiger partial charge in [-0.1, -0.05) is 41.5 Å². The van der Waals surface area contributed by atoms with Gasteiger partial charge in [0.25, 0.3) is 5.92 Å². The second-order valence-corrected chi connectivity index (χ2v) is 2.82. The Morgan fingerprint density at radius 3 is 1.40 bits per heavy atom. The van der Waals surface area contributed by atoms with Gasteiger partial charge in [-0.15, -0.1) is 0 Å². The molecular weight excluding hydrogens is 196 g/mol. The van der Waals surface area contributed by atoms with Gasteiger partial charge in [0.15, 0.2) is 0 Å². The van der Waals surface area contributed by atoms with Crippen molar-refractivity contribution in [2.75, 3.05) is 13.6 Å². The summed E-state index contributed by atoms with van der Waals surface area (Å²) in [4.78, 5) is 1.68. The van der Waals surface area contributed by atoms with Crippen molar-refractivity contribution in [3.05, 3.63) is 0 Å². The number of alkyl halides is 2. The zero-order valence-corrected chi connectivity index (χ0v) is 11.7. The van der Waals surface area contributed by atoms with E-state index in [0.717, 1.165) is 0 Å². The van der Waals surface area contributed by atoms with Crippen LogP contribution in [-0.4, -0.2) is 30.5 Å². The highest BCUT2D eigenvalue weighted by molar-refractivity contribution is 4.85. The second-order valence-electron chi connectivity index (χ2n) is 2.82. The molecule has 3 heteroatoms. The van der Waals surface area contributed by atoms with Gasteiger partial charge in [-0.25, -0.2) is 8.78 Å². The van der Waals surface area contributed by atoms with Crippen LogP contribution in [0.4, 0.5) is 8.78 Å². The summed E-state index contributed by atoms with van der Waals surface area (Å²) in [5, 5.41) is 0. The number of hydrogen-bond acceptors (Lipinski definition) is 1. The van der Waals surface area contributed by atoms with Crippen molar-refractivity contribution < 1.29 is 8.78 Å². The molecule has 1 aliphatic heterocycles. The minimum atomic E-state index is -2.44. The minimum Gasteiger partial charge on any atom is -0.298 e. The molecule has 0 aromatic rings. The van der Waals surface area contributed by atoms with Gasteiger partial charge in [-0.3, -0.25) is 4.90 Å². The molecule has 1 saturated heterocycles. The fourth-order valence-corrected chi connectivity index (χ4v) is 1.17. The third-order valence-electron chi connectivity index (χ3n) is 1.83. The van der Waals surface area contributed by atoms with Gasteiger partial charge in [0.1, 0.15) is 0 Å². The molecule has 0 N–H and O–H groups in total. The van der Waals surface area contributed by atoms with Gasteiger partial charge >= 0.3 is 0 Å². The highest BCUT2D eigenvalue weighted by Gasteiger charge is 2.40. The number of rotatable bonds is 0. The van der Waals surface area contributed by atoms with E-state index in [0.29, 0.717) is 0 Å². The first-order valence-corrected chi connectivity index (χ1v) is 6.09. The van der Waals surface area contributed by atoms with E-state index in [1.165, 1.54) is 0 Å². The van der Waals surface area contributed by atoms with Gasteiger partial charge in [-0.05, 0) is 14.0 Å². The molecular formula is C12H29F2N. The standard InChI is InChI=1S/C6H11F2N.3C2H6/c1-5-3-6(7,8)4-9(5)2;3*1-2/h5H,3-4H2,1-2H3;3*1-2H3. The highest BCUT2D eigenvalue weighted by Crippen LogP contribution is 2.29. The summed E-state index contributed by atoms with van der Waals surface area (Å²) in [6.07, 6.45) is 0.0174. The molecule has 1 rings (SSSR count). The summed E-state index contributed by atoms with van der Waals surface area (Å²) in [6, 6.07) is 0.0417. The molecule has 1 unspecified atom stereocenters. The monoisotopic (exact) mass is 225 g/mol. The average Bonchev–Trinajstić information content (AvgIpc) is 2.48. The Morgan fingerprint density at radius 1 is 1.00 bits per heavy atom. The fourth-order valence-electron chi connectivity index (χ4n) is 1.17. The summed E-state index contributed by atoms with van der Waals surface area (Å²) < 4.78 is 24.8. The third-order valence-corrected chi connectivity index (χ3v) is 1.83. The van der Waals surface area contributed by atoms with E-state index in [4.69, 9.17) is 0 Å². The summed E-state index contributed by atoms with van der Waals surface area (Å²) in [7, 11) is 1.73. The van der Waals surface area contributed by atoms with Crippen LogP contribution in [0, 0.1) is 0 Å². The van der Waals surface area contributed by atoms with Crippen LogP contribution in [0.1, 0.15) is 54.9 Å². The molecule has 0 spiro atoms. The van der Waals surface area contributed by atoms with Crippen LogP contribution >= 0.6 is 0 Å². The molecule has 0 saturated carbocycles. The first kappa shape index (κ1) is 20.3. The lowest BCUT2D eigenvalue weighted by Crippen LogP contribution is -2.23. The lowest BCUT2D eigenvalue weighted by Gasteiger charge is -2.11. The third kappa shape index (κ3) is 10.1. The number of likely N-dealkylation sites (tertiary alicyclic amines) is 1. The van der Waals surface area contributed by atoms with Crippen molar-refractivity contribution in [2.45, 2.75) is 66.9 Å².